The van der Waals surface area contributed by atoms with Gasteiger partial charge in [-0.3, -0.25) is 0 Å². The standard InChI is InChI=1S/C18H12BrN7/c19-11-5-3-4-10(8-11)14-9-15-23-24-16(17(20)26(15)25-14)18-21-12-6-1-2-7-13(12)22-18/h1-9H,20H2,(H,21,22). The molecule has 0 bridgehead atoms. The van der Waals surface area contributed by atoms with Gasteiger partial charge >= 0.3 is 0 Å². The Morgan fingerprint density at radius 1 is 1.00 bits per heavy atom. The van der Waals surface area contributed by atoms with E-state index in [4.69, 9.17) is 5.73 Å². The van der Waals surface area contributed by atoms with Crippen molar-refractivity contribution in [3.8, 4) is 22.8 Å². The molecule has 0 saturated heterocycles. The number of imidazole rings is 1. The van der Waals surface area contributed by atoms with Crippen molar-refractivity contribution in [3.63, 3.8) is 0 Å². The molecule has 5 rings (SSSR count). The van der Waals surface area contributed by atoms with Crippen molar-refractivity contribution >= 4 is 38.4 Å². The van der Waals surface area contributed by atoms with Crippen molar-refractivity contribution in [2.24, 2.45) is 0 Å². The molecule has 0 aliphatic carbocycles. The molecule has 2 aromatic carbocycles. The molecule has 126 valence electrons. The van der Waals surface area contributed by atoms with Gasteiger partial charge in [-0.1, -0.05) is 40.2 Å². The van der Waals surface area contributed by atoms with E-state index in [1.54, 1.807) is 4.52 Å². The summed E-state index contributed by atoms with van der Waals surface area (Å²) in [4.78, 5) is 7.76. The van der Waals surface area contributed by atoms with Crippen LogP contribution in [0.1, 0.15) is 0 Å². The topological polar surface area (TPSA) is 97.8 Å². The number of halogens is 1. The van der Waals surface area contributed by atoms with Crippen molar-refractivity contribution in [3.05, 3.63) is 59.1 Å². The average Bonchev–Trinajstić information content (AvgIpc) is 3.26. The van der Waals surface area contributed by atoms with Crippen LogP contribution in [0.5, 0.6) is 0 Å². The van der Waals surface area contributed by atoms with E-state index in [-0.39, 0.29) is 0 Å². The zero-order chi connectivity index (χ0) is 17.7. The molecule has 0 atom stereocenters. The monoisotopic (exact) mass is 405 g/mol. The first-order chi connectivity index (χ1) is 12.7. The van der Waals surface area contributed by atoms with E-state index in [1.165, 1.54) is 0 Å². The number of benzene rings is 2. The van der Waals surface area contributed by atoms with Gasteiger partial charge in [0.15, 0.2) is 23.0 Å². The summed E-state index contributed by atoms with van der Waals surface area (Å²) in [6.45, 7) is 0. The van der Waals surface area contributed by atoms with Crippen molar-refractivity contribution in [1.82, 2.24) is 29.8 Å². The zero-order valence-corrected chi connectivity index (χ0v) is 15.0. The van der Waals surface area contributed by atoms with Crippen LogP contribution in [0.4, 0.5) is 5.82 Å². The van der Waals surface area contributed by atoms with Gasteiger partial charge in [0, 0.05) is 16.1 Å². The number of para-hydroxylation sites is 2. The Morgan fingerprint density at radius 3 is 2.73 bits per heavy atom. The third-order valence-electron chi connectivity index (χ3n) is 4.15. The second-order valence-electron chi connectivity index (χ2n) is 5.85. The van der Waals surface area contributed by atoms with Gasteiger partial charge in [-0.15, -0.1) is 10.2 Å². The maximum Gasteiger partial charge on any atom is 0.180 e. The number of nitrogens with one attached hydrogen (secondary N) is 1. The minimum Gasteiger partial charge on any atom is -0.382 e. The fourth-order valence-electron chi connectivity index (χ4n) is 2.90. The third kappa shape index (κ3) is 2.34. The van der Waals surface area contributed by atoms with Gasteiger partial charge in [0.2, 0.25) is 0 Å². The van der Waals surface area contributed by atoms with Crippen LogP contribution in [0, 0.1) is 0 Å². The van der Waals surface area contributed by atoms with E-state index in [2.05, 4.69) is 41.2 Å². The molecular formula is C18H12BrN7. The molecule has 0 saturated carbocycles. The van der Waals surface area contributed by atoms with Crippen molar-refractivity contribution in [1.29, 1.82) is 0 Å². The normalized spacial score (nSPS) is 11.4. The Labute approximate surface area is 156 Å². The highest BCUT2D eigenvalue weighted by Crippen LogP contribution is 2.27. The van der Waals surface area contributed by atoms with E-state index in [0.717, 1.165) is 26.8 Å². The SMILES string of the molecule is Nc1c(-c2nc3ccccc3[nH]2)nnc2cc(-c3cccc(Br)c3)nn12. The lowest BCUT2D eigenvalue weighted by atomic mass is 10.2. The number of nitrogens with zero attached hydrogens (tertiary/aromatic N) is 5. The number of fused-ring (bicyclic) bond motifs is 2. The lowest BCUT2D eigenvalue weighted by Crippen LogP contribution is -2.06. The van der Waals surface area contributed by atoms with E-state index in [9.17, 15) is 0 Å². The molecule has 8 heteroatoms. The molecular weight excluding hydrogens is 394 g/mol. The maximum atomic E-state index is 6.32. The molecule has 5 aromatic rings. The largest absolute Gasteiger partial charge is 0.382 e. The Hall–Kier alpha value is -3.26. The summed E-state index contributed by atoms with van der Waals surface area (Å²) in [6, 6.07) is 17.5. The smallest absolute Gasteiger partial charge is 0.180 e. The number of aromatic nitrogens is 6. The van der Waals surface area contributed by atoms with E-state index < -0.39 is 0 Å². The Kier molecular flexibility index (Phi) is 3.26. The number of nitrogens with two attached hydrogens (primary N) is 1. The molecule has 3 heterocycles. The summed E-state index contributed by atoms with van der Waals surface area (Å²) in [6.07, 6.45) is 0. The molecule has 3 N–H and O–H groups in total. The number of aromatic amines is 1. The van der Waals surface area contributed by atoms with Crippen LogP contribution >= 0.6 is 15.9 Å². The first kappa shape index (κ1) is 15.0. The van der Waals surface area contributed by atoms with Crippen molar-refractivity contribution in [2.45, 2.75) is 0 Å². The summed E-state index contributed by atoms with van der Waals surface area (Å²) in [5.41, 5.74) is 10.9. The molecule has 0 unspecified atom stereocenters. The quantitative estimate of drug-likeness (QED) is 0.466. The Bertz CT molecular complexity index is 1240. The van der Waals surface area contributed by atoms with E-state index in [1.807, 2.05) is 54.6 Å². The van der Waals surface area contributed by atoms with Crippen LogP contribution in [-0.4, -0.2) is 29.8 Å². The Morgan fingerprint density at radius 2 is 1.88 bits per heavy atom. The summed E-state index contributed by atoms with van der Waals surface area (Å²) in [7, 11) is 0. The van der Waals surface area contributed by atoms with Gasteiger partial charge in [0.1, 0.15) is 0 Å². The van der Waals surface area contributed by atoms with Crippen LogP contribution in [0.3, 0.4) is 0 Å². The number of nitrogen functional groups attached to an aromatic ring is 1. The Balaban J connectivity index is 1.67. The van der Waals surface area contributed by atoms with Gasteiger partial charge in [-0.2, -0.15) is 9.61 Å². The number of anilines is 1. The van der Waals surface area contributed by atoms with Crippen LogP contribution in [0.2, 0.25) is 0 Å². The molecule has 0 spiro atoms. The summed E-state index contributed by atoms with van der Waals surface area (Å²) in [5.74, 6) is 0.952. The van der Waals surface area contributed by atoms with Gasteiger partial charge in [-0.05, 0) is 24.3 Å². The third-order valence-corrected chi connectivity index (χ3v) is 4.64. The number of H-pyrrole nitrogens is 1. The van der Waals surface area contributed by atoms with Gasteiger partial charge in [-0.25, -0.2) is 4.98 Å². The molecule has 7 nitrogen and oxygen atoms in total. The second-order valence-corrected chi connectivity index (χ2v) is 6.76. The van der Waals surface area contributed by atoms with Crippen LogP contribution in [-0.2, 0) is 0 Å². The predicted octanol–water partition coefficient (Wildman–Crippen LogP) is 3.68. The number of hydrogen-bond acceptors (Lipinski definition) is 5. The predicted molar refractivity (Wildman–Crippen MR) is 103 cm³/mol. The highest BCUT2D eigenvalue weighted by molar-refractivity contribution is 9.10. The van der Waals surface area contributed by atoms with Crippen molar-refractivity contribution < 1.29 is 0 Å². The fourth-order valence-corrected chi connectivity index (χ4v) is 3.29. The second kappa shape index (κ2) is 5.63. The molecule has 0 radical (unpaired) electrons. The highest BCUT2D eigenvalue weighted by Gasteiger charge is 2.16. The number of rotatable bonds is 2. The number of hydrogen-bond donors (Lipinski definition) is 2. The van der Waals surface area contributed by atoms with E-state index >= 15 is 0 Å². The van der Waals surface area contributed by atoms with Crippen molar-refractivity contribution in [2.75, 3.05) is 5.73 Å². The van der Waals surface area contributed by atoms with Crippen LogP contribution in [0.25, 0.3) is 39.5 Å². The fraction of sp³-hybridized carbons (Fsp3) is 0. The highest BCUT2D eigenvalue weighted by atomic mass is 79.9. The first-order valence-corrected chi connectivity index (χ1v) is 8.71. The lowest BCUT2D eigenvalue weighted by molar-refractivity contribution is 0.904. The van der Waals surface area contributed by atoms with Crippen LogP contribution < -0.4 is 5.73 Å². The lowest BCUT2D eigenvalue weighted by Gasteiger charge is -2.02. The molecule has 0 fully saturated rings. The maximum absolute atomic E-state index is 6.32. The summed E-state index contributed by atoms with van der Waals surface area (Å²) < 4.78 is 2.57. The summed E-state index contributed by atoms with van der Waals surface area (Å²) in [5, 5.41) is 13.1. The minimum atomic E-state index is 0.385. The zero-order valence-electron chi connectivity index (χ0n) is 13.4. The summed E-state index contributed by atoms with van der Waals surface area (Å²) >= 11 is 3.48. The van der Waals surface area contributed by atoms with Gasteiger partial charge < -0.3 is 10.7 Å². The molecule has 3 aromatic heterocycles. The molecule has 0 aliphatic heterocycles. The van der Waals surface area contributed by atoms with Gasteiger partial charge in [0.25, 0.3) is 0 Å². The minimum absolute atomic E-state index is 0.385. The van der Waals surface area contributed by atoms with Gasteiger partial charge in [0.05, 0.1) is 16.7 Å². The molecule has 0 aliphatic rings. The van der Waals surface area contributed by atoms with Crippen LogP contribution in [0.15, 0.2) is 59.1 Å². The average molecular weight is 406 g/mol. The first-order valence-electron chi connectivity index (χ1n) is 7.92. The van der Waals surface area contributed by atoms with E-state index in [0.29, 0.717) is 23.0 Å². The molecule has 0 amide bonds. The molecule has 26 heavy (non-hydrogen) atoms.